The van der Waals surface area contributed by atoms with Crippen molar-refractivity contribution in [2.45, 2.75) is 73.1 Å². The van der Waals surface area contributed by atoms with E-state index in [1.54, 1.807) is 11.1 Å². The Labute approximate surface area is 134 Å². The number of rotatable bonds is 3. The molecule has 0 aliphatic heterocycles. The Morgan fingerprint density at radius 2 is 2.05 bits per heavy atom. The number of carbonyl (C=O) groups excluding carboxylic acids is 1. The first-order valence-corrected chi connectivity index (χ1v) is 8.42. The number of nitrogens with two attached hydrogens (primary N) is 1. The molecule has 0 radical (unpaired) electrons. The SMILES string of the molecule is CC(CC1CC2=C(CC1(C)C)C(C)(C)CCC2)=NNC(N)=O. The molecule has 1 atom stereocenters. The molecule has 3 N–H and O–H groups in total. The molecule has 2 rings (SSSR count). The number of urea groups is 1. The standard InChI is InChI=1S/C18H31N3O/c1-12(20-21-16(19)22)9-14-10-13-7-6-8-17(2,3)15(13)11-18(14,4)5/h14H,6-11H2,1-5H3,(H3,19,21,22). The third-order valence-electron chi connectivity index (χ3n) is 5.65. The third kappa shape index (κ3) is 3.71. The lowest BCUT2D eigenvalue weighted by Gasteiger charge is -2.47. The number of amides is 2. The summed E-state index contributed by atoms with van der Waals surface area (Å²) in [4.78, 5) is 10.8. The van der Waals surface area contributed by atoms with Gasteiger partial charge >= 0.3 is 6.03 Å². The average Bonchev–Trinajstić information content (AvgIpc) is 2.38. The Balaban J connectivity index is 2.16. The smallest absolute Gasteiger partial charge is 0.332 e. The maximum Gasteiger partial charge on any atom is 0.332 e. The molecular formula is C18H31N3O. The van der Waals surface area contributed by atoms with Crippen molar-refractivity contribution in [2.24, 2.45) is 27.6 Å². The maximum absolute atomic E-state index is 10.8. The van der Waals surface area contributed by atoms with Gasteiger partial charge in [-0.2, -0.15) is 5.10 Å². The molecule has 1 unspecified atom stereocenters. The van der Waals surface area contributed by atoms with Crippen LogP contribution >= 0.6 is 0 Å². The minimum absolute atomic E-state index is 0.275. The van der Waals surface area contributed by atoms with E-state index in [0.29, 0.717) is 11.3 Å². The van der Waals surface area contributed by atoms with E-state index in [-0.39, 0.29) is 5.41 Å². The number of nitrogens with zero attached hydrogens (tertiary/aromatic N) is 1. The summed E-state index contributed by atoms with van der Waals surface area (Å²) < 4.78 is 0. The Kier molecular flexibility index (Phi) is 4.69. The summed E-state index contributed by atoms with van der Waals surface area (Å²) in [5.41, 5.74) is 12.4. The van der Waals surface area contributed by atoms with E-state index < -0.39 is 6.03 Å². The van der Waals surface area contributed by atoms with Crippen molar-refractivity contribution in [1.29, 1.82) is 0 Å². The maximum atomic E-state index is 10.8. The van der Waals surface area contributed by atoms with E-state index in [2.05, 4.69) is 38.2 Å². The molecule has 0 spiro atoms. The molecule has 0 aromatic rings. The van der Waals surface area contributed by atoms with Gasteiger partial charge in [0.15, 0.2) is 0 Å². The fourth-order valence-corrected chi connectivity index (χ4v) is 4.19. The highest BCUT2D eigenvalue weighted by Crippen LogP contribution is 2.54. The zero-order valence-electron chi connectivity index (χ0n) is 14.8. The third-order valence-corrected chi connectivity index (χ3v) is 5.65. The van der Waals surface area contributed by atoms with Crippen molar-refractivity contribution in [3.8, 4) is 0 Å². The van der Waals surface area contributed by atoms with Crippen LogP contribution in [0.25, 0.3) is 0 Å². The highest BCUT2D eigenvalue weighted by Gasteiger charge is 2.41. The zero-order chi connectivity index (χ0) is 16.5. The predicted molar refractivity (Wildman–Crippen MR) is 91.6 cm³/mol. The highest BCUT2D eigenvalue weighted by atomic mass is 16.2. The summed E-state index contributed by atoms with van der Waals surface area (Å²) >= 11 is 0. The largest absolute Gasteiger partial charge is 0.350 e. The van der Waals surface area contributed by atoms with Gasteiger partial charge in [-0.25, -0.2) is 10.2 Å². The monoisotopic (exact) mass is 305 g/mol. The second kappa shape index (κ2) is 6.05. The number of hydrogen-bond acceptors (Lipinski definition) is 2. The summed E-state index contributed by atoms with van der Waals surface area (Å²) in [6.07, 6.45) is 7.18. The second-order valence-corrected chi connectivity index (χ2v) is 8.41. The molecule has 0 fully saturated rings. The van der Waals surface area contributed by atoms with Gasteiger partial charge in [-0.15, -0.1) is 0 Å². The normalized spacial score (nSPS) is 27.3. The molecule has 0 heterocycles. The molecule has 124 valence electrons. The molecular weight excluding hydrogens is 274 g/mol. The van der Waals surface area contributed by atoms with E-state index in [1.807, 2.05) is 6.92 Å². The number of nitrogens with one attached hydrogen (secondary N) is 1. The molecule has 2 aliphatic rings. The number of hydrogen-bond donors (Lipinski definition) is 2. The summed E-state index contributed by atoms with van der Waals surface area (Å²) in [7, 11) is 0. The second-order valence-electron chi connectivity index (χ2n) is 8.41. The van der Waals surface area contributed by atoms with Crippen molar-refractivity contribution in [1.82, 2.24) is 5.43 Å². The van der Waals surface area contributed by atoms with E-state index in [4.69, 9.17) is 5.73 Å². The van der Waals surface area contributed by atoms with E-state index in [1.165, 1.54) is 32.1 Å². The van der Waals surface area contributed by atoms with Crippen molar-refractivity contribution < 1.29 is 4.79 Å². The Bertz CT molecular complexity index is 514. The molecule has 0 saturated carbocycles. The Hall–Kier alpha value is -1.32. The number of primary amides is 1. The summed E-state index contributed by atoms with van der Waals surface area (Å²) in [6.45, 7) is 11.5. The molecule has 0 aromatic carbocycles. The highest BCUT2D eigenvalue weighted by molar-refractivity contribution is 5.84. The van der Waals surface area contributed by atoms with Crippen molar-refractivity contribution in [3.05, 3.63) is 11.1 Å². The molecule has 4 heteroatoms. The lowest BCUT2D eigenvalue weighted by molar-refractivity contribution is 0.166. The van der Waals surface area contributed by atoms with Gasteiger partial charge in [0.1, 0.15) is 0 Å². The lowest BCUT2D eigenvalue weighted by atomic mass is 9.57. The first-order valence-electron chi connectivity index (χ1n) is 8.42. The number of carbonyl (C=O) groups is 1. The topological polar surface area (TPSA) is 67.5 Å². The Morgan fingerprint density at radius 1 is 1.36 bits per heavy atom. The molecule has 2 aliphatic carbocycles. The van der Waals surface area contributed by atoms with Crippen LogP contribution in [0.3, 0.4) is 0 Å². The fourth-order valence-electron chi connectivity index (χ4n) is 4.19. The van der Waals surface area contributed by atoms with Crippen LogP contribution in [0.4, 0.5) is 4.79 Å². The predicted octanol–water partition coefficient (Wildman–Crippen LogP) is 4.36. The van der Waals surface area contributed by atoms with Crippen molar-refractivity contribution in [3.63, 3.8) is 0 Å². The summed E-state index contributed by atoms with van der Waals surface area (Å²) in [5, 5.41) is 4.09. The van der Waals surface area contributed by atoms with Crippen LogP contribution in [0.15, 0.2) is 16.2 Å². The molecule has 0 saturated heterocycles. The van der Waals surface area contributed by atoms with Gasteiger partial charge in [-0.3, -0.25) is 0 Å². The molecule has 2 amide bonds. The van der Waals surface area contributed by atoms with Crippen molar-refractivity contribution >= 4 is 11.7 Å². The van der Waals surface area contributed by atoms with Crippen LogP contribution < -0.4 is 11.2 Å². The van der Waals surface area contributed by atoms with Gasteiger partial charge in [0.05, 0.1) is 0 Å². The molecule has 22 heavy (non-hydrogen) atoms. The van der Waals surface area contributed by atoms with Crippen LogP contribution in [-0.2, 0) is 0 Å². The first-order chi connectivity index (χ1) is 10.1. The van der Waals surface area contributed by atoms with E-state index >= 15 is 0 Å². The van der Waals surface area contributed by atoms with Gasteiger partial charge in [-0.05, 0) is 62.2 Å². The first kappa shape index (κ1) is 17.0. The minimum atomic E-state index is -0.596. The van der Waals surface area contributed by atoms with Crippen LogP contribution in [0, 0.1) is 16.7 Å². The van der Waals surface area contributed by atoms with Crippen LogP contribution in [-0.4, -0.2) is 11.7 Å². The van der Waals surface area contributed by atoms with Gasteiger partial charge < -0.3 is 5.73 Å². The fraction of sp³-hybridized carbons (Fsp3) is 0.778. The summed E-state index contributed by atoms with van der Waals surface area (Å²) in [6, 6.07) is -0.596. The van der Waals surface area contributed by atoms with Gasteiger partial charge in [0.2, 0.25) is 0 Å². The van der Waals surface area contributed by atoms with Gasteiger partial charge in [0.25, 0.3) is 0 Å². The molecule has 0 aromatic heterocycles. The zero-order valence-corrected chi connectivity index (χ0v) is 14.8. The number of allylic oxidation sites excluding steroid dienone is 2. The minimum Gasteiger partial charge on any atom is -0.350 e. The molecule has 0 bridgehead atoms. The van der Waals surface area contributed by atoms with Crippen LogP contribution in [0.1, 0.15) is 73.1 Å². The van der Waals surface area contributed by atoms with Crippen LogP contribution in [0.5, 0.6) is 0 Å². The van der Waals surface area contributed by atoms with E-state index in [0.717, 1.165) is 12.1 Å². The number of hydrazone groups is 1. The van der Waals surface area contributed by atoms with E-state index in [9.17, 15) is 4.79 Å². The summed E-state index contributed by atoms with van der Waals surface area (Å²) in [5.74, 6) is 0.582. The lowest BCUT2D eigenvalue weighted by Crippen LogP contribution is -2.36. The molecule has 4 nitrogen and oxygen atoms in total. The quantitative estimate of drug-likeness (QED) is 0.454. The van der Waals surface area contributed by atoms with Gasteiger partial charge in [-0.1, -0.05) is 38.8 Å². The van der Waals surface area contributed by atoms with Crippen LogP contribution in [0.2, 0.25) is 0 Å². The Morgan fingerprint density at radius 3 is 2.68 bits per heavy atom. The van der Waals surface area contributed by atoms with Gasteiger partial charge in [0, 0.05) is 5.71 Å². The van der Waals surface area contributed by atoms with Crippen molar-refractivity contribution in [2.75, 3.05) is 0 Å². The average molecular weight is 305 g/mol.